The van der Waals surface area contributed by atoms with Crippen LogP contribution in [0.1, 0.15) is 144 Å². The Balaban J connectivity index is 1.45. The maximum absolute atomic E-state index is 13.9. The zero-order chi connectivity index (χ0) is 28.6. The van der Waals surface area contributed by atoms with E-state index in [4.69, 9.17) is 0 Å². The second kappa shape index (κ2) is 12.0. The molecule has 0 radical (unpaired) electrons. The first-order chi connectivity index (χ1) is 18.2. The summed E-state index contributed by atoms with van der Waals surface area (Å²) in [5.41, 5.74) is 0.561. The van der Waals surface area contributed by atoms with Crippen molar-refractivity contribution < 1.29 is 18.3 Å². The van der Waals surface area contributed by atoms with Gasteiger partial charge in [0.15, 0.2) is 0 Å². The van der Waals surface area contributed by atoms with Gasteiger partial charge in [-0.1, -0.05) is 91.7 Å². The maximum Gasteiger partial charge on any atom is 0.391 e. The lowest BCUT2D eigenvalue weighted by Gasteiger charge is -2.59. The van der Waals surface area contributed by atoms with Crippen LogP contribution >= 0.6 is 0 Å². The zero-order valence-electron chi connectivity index (χ0n) is 26.0. The number of unbranched alkanes of at least 4 members (excludes halogenated alkanes) is 2. The van der Waals surface area contributed by atoms with Gasteiger partial charge in [-0.2, -0.15) is 13.2 Å². The first-order valence-corrected chi connectivity index (χ1v) is 16.7. The van der Waals surface area contributed by atoms with Gasteiger partial charge in [-0.3, -0.25) is 0 Å². The summed E-state index contributed by atoms with van der Waals surface area (Å²) < 4.78 is 41.8. The smallest absolute Gasteiger partial charge is 0.390 e. The summed E-state index contributed by atoms with van der Waals surface area (Å²) >= 11 is 0. The topological polar surface area (TPSA) is 20.2 Å². The van der Waals surface area contributed by atoms with Crippen molar-refractivity contribution in [3.8, 4) is 0 Å². The van der Waals surface area contributed by atoms with Crippen molar-refractivity contribution in [2.75, 3.05) is 0 Å². The minimum Gasteiger partial charge on any atom is -0.390 e. The molecule has 1 nitrogen and oxygen atoms in total. The van der Waals surface area contributed by atoms with Crippen molar-refractivity contribution in [2.24, 2.45) is 52.3 Å². The highest BCUT2D eigenvalue weighted by molar-refractivity contribution is 5.27. The highest BCUT2D eigenvalue weighted by Gasteiger charge is 2.60. The third-order valence-corrected chi connectivity index (χ3v) is 12.7. The molecule has 0 heterocycles. The second-order valence-corrected chi connectivity index (χ2v) is 15.6. The van der Waals surface area contributed by atoms with Crippen molar-refractivity contribution in [1.29, 1.82) is 0 Å². The number of hydrogen-bond acceptors (Lipinski definition) is 1. The van der Waals surface area contributed by atoms with Crippen LogP contribution in [0, 0.1) is 52.3 Å². The van der Waals surface area contributed by atoms with Crippen molar-refractivity contribution >= 4 is 0 Å². The molecule has 1 unspecified atom stereocenters. The molecule has 39 heavy (non-hydrogen) atoms. The molecule has 0 aromatic carbocycles. The Morgan fingerprint density at radius 2 is 1.67 bits per heavy atom. The van der Waals surface area contributed by atoms with Crippen LogP contribution in [0.15, 0.2) is 11.6 Å². The lowest BCUT2D eigenvalue weighted by atomic mass is 9.46. The molecule has 4 heteroatoms. The van der Waals surface area contributed by atoms with Crippen LogP contribution in [-0.2, 0) is 0 Å². The molecule has 1 N–H and O–H groups in total. The van der Waals surface area contributed by atoms with E-state index in [1.54, 1.807) is 0 Å². The quantitative estimate of drug-likeness (QED) is 0.200. The fraction of sp³-hybridized carbons (Fsp3) is 0.943. The molecule has 0 aromatic rings. The monoisotopic (exact) mass is 552 g/mol. The molecular weight excluding hydrogens is 493 g/mol. The Bertz CT molecular complexity index is 847. The van der Waals surface area contributed by atoms with Crippen LogP contribution in [0.3, 0.4) is 0 Å². The van der Waals surface area contributed by atoms with Crippen LogP contribution in [0.5, 0.6) is 0 Å². The van der Waals surface area contributed by atoms with E-state index in [1.807, 2.05) is 6.92 Å². The van der Waals surface area contributed by atoms with E-state index in [-0.39, 0.29) is 18.3 Å². The van der Waals surface area contributed by atoms with Gasteiger partial charge in [0.05, 0.1) is 11.5 Å². The first-order valence-electron chi connectivity index (χ1n) is 16.7. The number of halogens is 3. The van der Waals surface area contributed by atoms with Crippen LogP contribution in [0.2, 0.25) is 0 Å². The second-order valence-electron chi connectivity index (χ2n) is 15.6. The van der Waals surface area contributed by atoms with Gasteiger partial charge in [0.2, 0.25) is 0 Å². The summed E-state index contributed by atoms with van der Waals surface area (Å²) in [5.74, 6) is 3.13. The molecule has 0 amide bonds. The van der Waals surface area contributed by atoms with Gasteiger partial charge in [-0.15, -0.1) is 0 Å². The van der Waals surface area contributed by atoms with E-state index in [2.05, 4.69) is 40.7 Å². The van der Waals surface area contributed by atoms with Gasteiger partial charge in [-0.05, 0) is 111 Å². The standard InChI is InChI=1S/C35H59F3O/c1-7-8-9-13-27(35(36,37)38)23-34(39)21-20-32(5)26(22-34)14-15-28-30-17-16-29(25(4)12-10-11-24(2)3)33(30,6)19-18-31(28)32/h14,24-25,27-31,39H,7-13,15-23H2,1-6H3/t25-,27?,28+,29-,30+,31+,32+,33-,34-/m1/s1. The summed E-state index contributed by atoms with van der Waals surface area (Å²) in [5, 5.41) is 11.6. The Hall–Kier alpha value is -0.510. The Morgan fingerprint density at radius 1 is 0.923 bits per heavy atom. The van der Waals surface area contributed by atoms with Crippen molar-refractivity contribution in [3.05, 3.63) is 11.6 Å². The molecule has 9 atom stereocenters. The van der Waals surface area contributed by atoms with E-state index in [1.165, 1.54) is 50.5 Å². The van der Waals surface area contributed by atoms with Crippen molar-refractivity contribution in [3.63, 3.8) is 0 Å². The Morgan fingerprint density at radius 3 is 2.33 bits per heavy atom. The molecule has 0 aliphatic heterocycles. The fourth-order valence-corrected chi connectivity index (χ4v) is 10.4. The average molecular weight is 553 g/mol. The van der Waals surface area contributed by atoms with Gasteiger partial charge >= 0.3 is 6.18 Å². The van der Waals surface area contributed by atoms with Crippen LogP contribution in [-0.4, -0.2) is 16.9 Å². The molecule has 3 saturated carbocycles. The van der Waals surface area contributed by atoms with E-state index in [0.717, 1.165) is 49.4 Å². The van der Waals surface area contributed by atoms with Gasteiger partial charge in [0, 0.05) is 0 Å². The number of hydrogen-bond donors (Lipinski definition) is 1. The van der Waals surface area contributed by atoms with E-state index in [0.29, 0.717) is 36.5 Å². The van der Waals surface area contributed by atoms with Crippen LogP contribution in [0.4, 0.5) is 13.2 Å². The third-order valence-electron chi connectivity index (χ3n) is 12.7. The third kappa shape index (κ3) is 6.46. The fourth-order valence-electron chi connectivity index (χ4n) is 10.4. The molecular formula is C35H59F3O. The highest BCUT2D eigenvalue weighted by Crippen LogP contribution is 2.68. The summed E-state index contributed by atoms with van der Waals surface area (Å²) in [4.78, 5) is 0. The Labute approximate surface area is 238 Å². The predicted octanol–water partition coefficient (Wildman–Crippen LogP) is 10.9. The highest BCUT2D eigenvalue weighted by atomic mass is 19.4. The van der Waals surface area contributed by atoms with Gasteiger partial charge in [0.25, 0.3) is 0 Å². The number of rotatable bonds is 11. The number of aliphatic hydroxyl groups is 1. The SMILES string of the molecule is CCCCCC(C[C@@]1(O)CC[C@@]2(C)C(=CC[C@H]3[C@@H]4CC[C@H]([C@H](C)CCCC(C)C)[C@@]4(C)CC[C@@H]32)C1)C(F)(F)F. The number of alkyl halides is 3. The molecule has 0 aromatic heterocycles. The molecule has 4 aliphatic rings. The molecule has 0 spiro atoms. The summed E-state index contributed by atoms with van der Waals surface area (Å²) in [7, 11) is 0. The first kappa shape index (κ1) is 31.4. The Kier molecular flexibility index (Phi) is 9.67. The van der Waals surface area contributed by atoms with Gasteiger partial charge < -0.3 is 5.11 Å². The molecule has 0 bridgehead atoms. The summed E-state index contributed by atoms with van der Waals surface area (Å²) in [6.45, 7) is 14.2. The normalized spacial score (nSPS) is 40.0. The van der Waals surface area contributed by atoms with E-state index >= 15 is 0 Å². The van der Waals surface area contributed by atoms with E-state index < -0.39 is 17.7 Å². The summed E-state index contributed by atoms with van der Waals surface area (Å²) in [6.07, 6.45) is 12.7. The zero-order valence-corrected chi connectivity index (χ0v) is 26.0. The molecule has 4 rings (SSSR count). The van der Waals surface area contributed by atoms with Crippen LogP contribution < -0.4 is 0 Å². The average Bonchev–Trinajstić information content (AvgIpc) is 3.20. The van der Waals surface area contributed by atoms with Crippen molar-refractivity contribution in [1.82, 2.24) is 0 Å². The number of fused-ring (bicyclic) bond motifs is 5. The maximum atomic E-state index is 13.9. The largest absolute Gasteiger partial charge is 0.391 e. The molecule has 0 saturated heterocycles. The lowest BCUT2D eigenvalue weighted by molar-refractivity contribution is -0.194. The van der Waals surface area contributed by atoms with Crippen molar-refractivity contribution in [2.45, 2.75) is 156 Å². The number of allylic oxidation sites excluding steroid dienone is 1. The minimum atomic E-state index is -4.23. The van der Waals surface area contributed by atoms with Gasteiger partial charge in [-0.25, -0.2) is 0 Å². The van der Waals surface area contributed by atoms with Crippen LogP contribution in [0.25, 0.3) is 0 Å². The molecule has 3 fully saturated rings. The minimum absolute atomic E-state index is 0.0490. The molecule has 4 aliphatic carbocycles. The molecule has 226 valence electrons. The van der Waals surface area contributed by atoms with Gasteiger partial charge in [0.1, 0.15) is 0 Å². The lowest BCUT2D eigenvalue weighted by Crippen LogP contribution is -2.53. The predicted molar refractivity (Wildman–Crippen MR) is 156 cm³/mol. The summed E-state index contributed by atoms with van der Waals surface area (Å²) in [6, 6.07) is 0. The van der Waals surface area contributed by atoms with E-state index in [9.17, 15) is 18.3 Å².